The highest BCUT2D eigenvalue weighted by Gasteiger charge is 2.36. The van der Waals surface area contributed by atoms with E-state index >= 15 is 0 Å². The van der Waals surface area contributed by atoms with Crippen molar-refractivity contribution < 1.29 is 33.0 Å². The van der Waals surface area contributed by atoms with Crippen molar-refractivity contribution in [1.82, 2.24) is 10.2 Å². The van der Waals surface area contributed by atoms with E-state index in [9.17, 15) is 33.0 Å². The monoisotopic (exact) mass is 457 g/mol. The molecule has 174 valence electrons. The summed E-state index contributed by atoms with van der Waals surface area (Å²) in [4.78, 5) is 36.5. The van der Waals surface area contributed by atoms with Crippen molar-refractivity contribution in [2.45, 2.75) is 57.7 Å². The number of hydrogen-bond donors (Lipinski definition) is 4. The molecule has 1 fully saturated rings. The normalized spacial score (nSPS) is 17.9. The molecular formula is C20H31N3O7S. The lowest BCUT2D eigenvalue weighted by Gasteiger charge is -2.27. The number of aliphatic carboxylic acids is 2. The van der Waals surface area contributed by atoms with E-state index in [1.165, 1.54) is 11.8 Å². The zero-order chi connectivity index (χ0) is 23.6. The highest BCUT2D eigenvalue weighted by atomic mass is 32.2. The quantitative estimate of drug-likeness (QED) is 0.414. The Bertz CT molecular complexity index is 846. The molecule has 3 atom stereocenters. The van der Waals surface area contributed by atoms with Gasteiger partial charge in [0.2, 0.25) is 15.9 Å². The van der Waals surface area contributed by atoms with Gasteiger partial charge in [-0.1, -0.05) is 30.3 Å². The van der Waals surface area contributed by atoms with Crippen LogP contribution in [0.5, 0.6) is 0 Å². The predicted molar refractivity (Wildman–Crippen MR) is 115 cm³/mol. The van der Waals surface area contributed by atoms with E-state index in [1.807, 2.05) is 30.3 Å². The third-order valence-electron chi connectivity index (χ3n) is 4.91. The summed E-state index contributed by atoms with van der Waals surface area (Å²) in [6, 6.07) is 7.09. The number of primary sulfonamides is 1. The van der Waals surface area contributed by atoms with Crippen LogP contribution in [-0.4, -0.2) is 71.8 Å². The average Bonchev–Trinajstić information content (AvgIpc) is 3.21. The Hall–Kier alpha value is -2.50. The summed E-state index contributed by atoms with van der Waals surface area (Å²) < 4.78 is 19.6. The van der Waals surface area contributed by atoms with Gasteiger partial charge < -0.3 is 15.1 Å². The molecule has 0 radical (unpaired) electrons. The molecule has 0 saturated carbocycles. The molecule has 1 heterocycles. The molecule has 5 N–H and O–H groups in total. The van der Waals surface area contributed by atoms with E-state index in [0.29, 0.717) is 32.2 Å². The minimum atomic E-state index is -3.16. The number of likely N-dealkylation sites (tertiary alicyclic amines) is 1. The van der Waals surface area contributed by atoms with Crippen LogP contribution in [0.25, 0.3) is 0 Å². The highest BCUT2D eigenvalue weighted by molar-refractivity contribution is 7.89. The molecular weight excluding hydrogens is 426 g/mol. The van der Waals surface area contributed by atoms with Gasteiger partial charge in [-0.15, -0.1) is 0 Å². The number of rotatable bonds is 9. The van der Waals surface area contributed by atoms with Gasteiger partial charge in [0.05, 0.1) is 11.8 Å². The number of aryl methyl sites for hydroxylation is 1. The number of benzene rings is 1. The molecule has 0 aliphatic carbocycles. The molecule has 0 bridgehead atoms. The SMILES string of the molecule is CCS(N)(=O)=O.C[C@H](NC(CCc1ccccc1)C(=O)O)C(=O)N1CCC[C@H]1C(=O)O. The fraction of sp³-hybridized carbons (Fsp3) is 0.550. The molecule has 0 spiro atoms. The molecule has 1 aromatic carbocycles. The van der Waals surface area contributed by atoms with Gasteiger partial charge in [-0.25, -0.2) is 18.4 Å². The van der Waals surface area contributed by atoms with E-state index in [4.69, 9.17) is 0 Å². The van der Waals surface area contributed by atoms with Crippen molar-refractivity contribution in [2.75, 3.05) is 12.3 Å². The van der Waals surface area contributed by atoms with Crippen LogP contribution in [0.15, 0.2) is 30.3 Å². The van der Waals surface area contributed by atoms with Gasteiger partial charge in [0.25, 0.3) is 0 Å². The number of nitrogens with one attached hydrogen (secondary N) is 1. The molecule has 1 unspecified atom stereocenters. The van der Waals surface area contributed by atoms with E-state index in [1.54, 1.807) is 6.92 Å². The second-order valence-corrected chi connectivity index (χ2v) is 9.19. The molecule has 0 aromatic heterocycles. The number of carbonyl (C=O) groups is 3. The maximum absolute atomic E-state index is 12.5. The van der Waals surface area contributed by atoms with Crippen LogP contribution >= 0.6 is 0 Å². The Balaban J connectivity index is 0.000000703. The van der Waals surface area contributed by atoms with Crippen molar-refractivity contribution in [3.8, 4) is 0 Å². The van der Waals surface area contributed by atoms with E-state index in [-0.39, 0.29) is 11.7 Å². The number of carboxylic acid groups (broad SMARTS) is 2. The summed E-state index contributed by atoms with van der Waals surface area (Å²) >= 11 is 0. The number of amides is 1. The second-order valence-electron chi connectivity index (χ2n) is 7.28. The molecule has 1 aliphatic heterocycles. The fourth-order valence-corrected chi connectivity index (χ4v) is 3.14. The van der Waals surface area contributed by atoms with Crippen molar-refractivity contribution in [3.63, 3.8) is 0 Å². The maximum Gasteiger partial charge on any atom is 0.326 e. The molecule has 1 aromatic rings. The van der Waals surface area contributed by atoms with Gasteiger partial charge in [0, 0.05) is 6.54 Å². The van der Waals surface area contributed by atoms with Crippen molar-refractivity contribution in [2.24, 2.45) is 5.14 Å². The predicted octanol–water partition coefficient (Wildman–Crippen LogP) is 0.421. The Morgan fingerprint density at radius 2 is 1.81 bits per heavy atom. The molecule has 1 amide bonds. The fourth-order valence-electron chi connectivity index (χ4n) is 3.14. The van der Waals surface area contributed by atoms with Crippen molar-refractivity contribution >= 4 is 27.9 Å². The van der Waals surface area contributed by atoms with Gasteiger partial charge in [-0.3, -0.25) is 14.9 Å². The summed E-state index contributed by atoms with van der Waals surface area (Å²) in [6.07, 6.45) is 2.00. The van der Waals surface area contributed by atoms with Crippen LogP contribution in [0.4, 0.5) is 0 Å². The van der Waals surface area contributed by atoms with Gasteiger partial charge in [-0.2, -0.15) is 0 Å². The first-order valence-corrected chi connectivity index (χ1v) is 11.7. The average molecular weight is 458 g/mol. The lowest BCUT2D eigenvalue weighted by molar-refractivity contribution is -0.149. The van der Waals surface area contributed by atoms with Crippen LogP contribution in [0.2, 0.25) is 0 Å². The Morgan fingerprint density at radius 3 is 2.29 bits per heavy atom. The van der Waals surface area contributed by atoms with E-state index in [0.717, 1.165) is 5.56 Å². The summed E-state index contributed by atoms with van der Waals surface area (Å²) in [5, 5.41) is 25.9. The van der Waals surface area contributed by atoms with Crippen LogP contribution < -0.4 is 10.5 Å². The minimum Gasteiger partial charge on any atom is -0.480 e. The smallest absolute Gasteiger partial charge is 0.326 e. The standard InChI is InChI=1S/C18H24N2O5.C2H7NO2S/c1-12(16(21)20-11-5-8-15(20)18(24)25)19-14(17(22)23)10-9-13-6-3-2-4-7-13;1-2-6(3,4)5/h2-4,6-7,12,14-15,19H,5,8-11H2,1H3,(H,22,23)(H,24,25);2H2,1H3,(H2,3,4,5)/t12-,14?,15-;/m0./s1. The number of nitrogens with zero attached hydrogens (tertiary/aromatic N) is 1. The first-order chi connectivity index (χ1) is 14.5. The zero-order valence-corrected chi connectivity index (χ0v) is 18.5. The van der Waals surface area contributed by atoms with Gasteiger partial charge in [-0.05, 0) is 45.1 Å². The lowest BCUT2D eigenvalue weighted by Crippen LogP contribution is -2.53. The molecule has 2 rings (SSSR count). The van der Waals surface area contributed by atoms with Crippen LogP contribution in [0.1, 0.15) is 38.7 Å². The Morgan fingerprint density at radius 1 is 1.23 bits per heavy atom. The van der Waals surface area contributed by atoms with E-state index < -0.39 is 40.1 Å². The highest BCUT2D eigenvalue weighted by Crippen LogP contribution is 2.18. The van der Waals surface area contributed by atoms with Gasteiger partial charge in [0.15, 0.2) is 0 Å². The number of carboxylic acids is 2. The van der Waals surface area contributed by atoms with E-state index in [2.05, 4.69) is 10.5 Å². The molecule has 1 aliphatic rings. The third-order valence-corrected chi connectivity index (χ3v) is 5.71. The first-order valence-electron chi connectivity index (χ1n) is 10.0. The Kier molecular flexibility index (Phi) is 10.6. The largest absolute Gasteiger partial charge is 0.480 e. The number of hydrogen-bond acceptors (Lipinski definition) is 6. The molecule has 31 heavy (non-hydrogen) atoms. The zero-order valence-electron chi connectivity index (χ0n) is 17.7. The summed E-state index contributed by atoms with van der Waals surface area (Å²) in [7, 11) is -3.16. The number of nitrogens with two attached hydrogens (primary N) is 1. The van der Waals surface area contributed by atoms with Crippen molar-refractivity contribution in [3.05, 3.63) is 35.9 Å². The van der Waals surface area contributed by atoms with Crippen LogP contribution in [-0.2, 0) is 30.8 Å². The summed E-state index contributed by atoms with van der Waals surface area (Å²) in [6.45, 7) is 3.47. The number of carbonyl (C=O) groups excluding carboxylic acids is 1. The lowest BCUT2D eigenvalue weighted by atomic mass is 10.0. The van der Waals surface area contributed by atoms with Crippen LogP contribution in [0.3, 0.4) is 0 Å². The van der Waals surface area contributed by atoms with Gasteiger partial charge in [0.1, 0.15) is 12.1 Å². The minimum absolute atomic E-state index is 0.0208. The number of sulfonamides is 1. The first kappa shape index (κ1) is 26.5. The third kappa shape index (κ3) is 9.45. The molecule has 11 heteroatoms. The second kappa shape index (κ2) is 12.4. The topological polar surface area (TPSA) is 167 Å². The maximum atomic E-state index is 12.5. The molecule has 10 nitrogen and oxygen atoms in total. The Labute approximate surface area is 182 Å². The summed E-state index contributed by atoms with van der Waals surface area (Å²) in [5.41, 5.74) is 1.03. The molecule has 1 saturated heterocycles. The van der Waals surface area contributed by atoms with Crippen LogP contribution in [0, 0.1) is 0 Å². The van der Waals surface area contributed by atoms with Gasteiger partial charge >= 0.3 is 11.9 Å². The summed E-state index contributed by atoms with van der Waals surface area (Å²) in [5.74, 6) is -2.38. The van der Waals surface area contributed by atoms with Crippen molar-refractivity contribution in [1.29, 1.82) is 0 Å².